The number of benzene rings is 1. The number of aliphatic imine (C=N–C) groups is 1. The van der Waals surface area contributed by atoms with E-state index >= 15 is 0 Å². The predicted octanol–water partition coefficient (Wildman–Crippen LogP) is 3.49. The van der Waals surface area contributed by atoms with E-state index in [-0.39, 0.29) is 29.9 Å². The summed E-state index contributed by atoms with van der Waals surface area (Å²) in [5, 5.41) is 7.74. The number of aryl methyl sites for hydroxylation is 1. The minimum absolute atomic E-state index is 0. The molecule has 0 aliphatic carbocycles. The van der Waals surface area contributed by atoms with Crippen molar-refractivity contribution in [1.29, 1.82) is 0 Å². The summed E-state index contributed by atoms with van der Waals surface area (Å²) >= 11 is 1.73. The molecular weight excluding hydrogens is 497 g/mol. The van der Waals surface area contributed by atoms with E-state index in [1.165, 1.54) is 16.0 Å². The van der Waals surface area contributed by atoms with Gasteiger partial charge in [-0.3, -0.25) is 9.79 Å². The molecule has 3 rings (SSSR count). The standard InChI is InChI=1S/C21H29N5OS.HI/c1-3-22-21(24-12-10-19-25-13-16(2)28-19)23-11-6-9-20(27)26-14-17-7-4-5-8-18(17)15-26;/h4-5,7-8,13H,3,6,9-12,14-15H2,1-2H3,(H2,22,23,24);1H. The number of aromatic nitrogens is 1. The first kappa shape index (κ1) is 23.6. The van der Waals surface area contributed by atoms with E-state index in [0.717, 1.165) is 50.0 Å². The molecule has 8 heteroatoms. The molecule has 2 N–H and O–H groups in total. The van der Waals surface area contributed by atoms with Gasteiger partial charge in [0.15, 0.2) is 5.96 Å². The molecule has 29 heavy (non-hydrogen) atoms. The van der Waals surface area contributed by atoms with Crippen molar-refractivity contribution in [1.82, 2.24) is 20.5 Å². The van der Waals surface area contributed by atoms with Crippen molar-refractivity contribution in [2.75, 3.05) is 19.6 Å². The van der Waals surface area contributed by atoms with Crippen molar-refractivity contribution in [3.8, 4) is 0 Å². The lowest BCUT2D eigenvalue weighted by atomic mass is 10.1. The Morgan fingerprint density at radius 1 is 1.24 bits per heavy atom. The molecule has 0 spiro atoms. The normalized spacial score (nSPS) is 13.0. The Morgan fingerprint density at radius 2 is 1.97 bits per heavy atom. The van der Waals surface area contributed by atoms with Crippen LogP contribution in [-0.2, 0) is 24.3 Å². The quantitative estimate of drug-likeness (QED) is 0.239. The number of hydrogen-bond donors (Lipinski definition) is 2. The van der Waals surface area contributed by atoms with Crippen LogP contribution in [0.25, 0.3) is 0 Å². The number of carbonyl (C=O) groups is 1. The molecule has 1 aliphatic rings. The number of guanidine groups is 1. The Kier molecular flexibility index (Phi) is 9.86. The van der Waals surface area contributed by atoms with Crippen LogP contribution in [0.15, 0.2) is 35.5 Å². The van der Waals surface area contributed by atoms with Crippen LogP contribution in [0.4, 0.5) is 0 Å². The lowest BCUT2D eigenvalue weighted by molar-refractivity contribution is -0.131. The molecule has 1 aliphatic heterocycles. The number of carbonyl (C=O) groups excluding carboxylic acids is 1. The fourth-order valence-electron chi connectivity index (χ4n) is 3.24. The minimum Gasteiger partial charge on any atom is -0.357 e. The van der Waals surface area contributed by atoms with E-state index < -0.39 is 0 Å². The Hall–Kier alpha value is -1.68. The lowest BCUT2D eigenvalue weighted by Gasteiger charge is -2.15. The zero-order chi connectivity index (χ0) is 19.8. The molecule has 0 bridgehead atoms. The molecule has 1 amide bonds. The second-order valence-corrected chi connectivity index (χ2v) is 8.24. The molecule has 1 aromatic heterocycles. The summed E-state index contributed by atoms with van der Waals surface area (Å²) in [5.41, 5.74) is 2.53. The number of thiazole rings is 1. The average molecular weight is 527 g/mol. The summed E-state index contributed by atoms with van der Waals surface area (Å²) in [5.74, 6) is 1.01. The molecule has 0 saturated carbocycles. The van der Waals surface area contributed by atoms with Gasteiger partial charge in [0.25, 0.3) is 0 Å². The number of rotatable bonds is 8. The second kappa shape index (κ2) is 12.1. The predicted molar refractivity (Wildman–Crippen MR) is 130 cm³/mol. The Balaban J connectivity index is 0.00000300. The molecule has 2 heterocycles. The monoisotopic (exact) mass is 527 g/mol. The number of nitrogens with one attached hydrogen (secondary N) is 2. The van der Waals surface area contributed by atoms with E-state index in [4.69, 9.17) is 0 Å². The minimum atomic E-state index is 0. The van der Waals surface area contributed by atoms with Crippen molar-refractivity contribution in [3.05, 3.63) is 51.5 Å². The number of amides is 1. The van der Waals surface area contributed by atoms with Crippen LogP contribution in [0.1, 0.15) is 40.8 Å². The van der Waals surface area contributed by atoms with E-state index in [9.17, 15) is 4.79 Å². The topological polar surface area (TPSA) is 69.6 Å². The van der Waals surface area contributed by atoms with Crippen LogP contribution >= 0.6 is 35.3 Å². The van der Waals surface area contributed by atoms with E-state index in [2.05, 4.69) is 46.6 Å². The van der Waals surface area contributed by atoms with Gasteiger partial charge in [-0.25, -0.2) is 4.98 Å². The highest BCUT2D eigenvalue weighted by atomic mass is 127. The molecule has 0 fully saturated rings. The highest BCUT2D eigenvalue weighted by Gasteiger charge is 2.22. The molecule has 2 aromatic rings. The van der Waals surface area contributed by atoms with Gasteiger partial charge in [-0.2, -0.15) is 0 Å². The number of nitrogens with zero attached hydrogens (tertiary/aromatic N) is 3. The summed E-state index contributed by atoms with van der Waals surface area (Å²) in [6.07, 6.45) is 4.09. The lowest BCUT2D eigenvalue weighted by Crippen LogP contribution is -2.38. The first-order valence-electron chi connectivity index (χ1n) is 9.93. The zero-order valence-electron chi connectivity index (χ0n) is 17.1. The third-order valence-corrected chi connectivity index (χ3v) is 5.63. The van der Waals surface area contributed by atoms with Crippen LogP contribution in [0.2, 0.25) is 0 Å². The first-order chi connectivity index (χ1) is 13.7. The Bertz CT molecular complexity index is 798. The zero-order valence-corrected chi connectivity index (χ0v) is 20.3. The smallest absolute Gasteiger partial charge is 0.223 e. The second-order valence-electron chi connectivity index (χ2n) is 6.92. The summed E-state index contributed by atoms with van der Waals surface area (Å²) < 4.78 is 0. The van der Waals surface area contributed by atoms with E-state index in [1.807, 2.05) is 23.2 Å². The largest absolute Gasteiger partial charge is 0.357 e. The molecule has 6 nitrogen and oxygen atoms in total. The third kappa shape index (κ3) is 7.26. The maximum absolute atomic E-state index is 12.5. The fourth-order valence-corrected chi connectivity index (χ4v) is 4.02. The van der Waals surface area contributed by atoms with Crippen molar-refractivity contribution in [3.63, 3.8) is 0 Å². The van der Waals surface area contributed by atoms with Crippen LogP contribution in [0.3, 0.4) is 0 Å². The SMILES string of the molecule is CCNC(=NCCCC(=O)N1Cc2ccccc2C1)NCCc1ncc(C)s1.I. The van der Waals surface area contributed by atoms with Gasteiger partial charge in [-0.05, 0) is 31.4 Å². The van der Waals surface area contributed by atoms with E-state index in [0.29, 0.717) is 13.0 Å². The number of hydrogen-bond acceptors (Lipinski definition) is 4. The van der Waals surface area contributed by atoms with Crippen LogP contribution < -0.4 is 10.6 Å². The number of fused-ring (bicyclic) bond motifs is 1. The maximum atomic E-state index is 12.5. The molecule has 0 saturated heterocycles. The third-order valence-electron chi connectivity index (χ3n) is 4.66. The fraction of sp³-hybridized carbons (Fsp3) is 0.476. The van der Waals surface area contributed by atoms with Gasteiger partial charge in [0, 0.05) is 56.6 Å². The van der Waals surface area contributed by atoms with Gasteiger partial charge in [-0.15, -0.1) is 35.3 Å². The van der Waals surface area contributed by atoms with Crippen LogP contribution in [0, 0.1) is 6.92 Å². The summed E-state index contributed by atoms with van der Waals surface area (Å²) in [6, 6.07) is 8.28. The highest BCUT2D eigenvalue weighted by Crippen LogP contribution is 2.22. The molecule has 0 atom stereocenters. The molecule has 1 aromatic carbocycles. The van der Waals surface area contributed by atoms with Gasteiger partial charge in [0.1, 0.15) is 0 Å². The molecule has 0 radical (unpaired) electrons. The summed E-state index contributed by atoms with van der Waals surface area (Å²) in [6.45, 7) is 7.84. The molecule has 0 unspecified atom stereocenters. The summed E-state index contributed by atoms with van der Waals surface area (Å²) in [7, 11) is 0. The van der Waals surface area contributed by atoms with E-state index in [1.54, 1.807) is 11.3 Å². The number of halogens is 1. The van der Waals surface area contributed by atoms with Gasteiger partial charge in [-0.1, -0.05) is 24.3 Å². The first-order valence-corrected chi connectivity index (χ1v) is 10.8. The van der Waals surface area contributed by atoms with Gasteiger partial charge >= 0.3 is 0 Å². The van der Waals surface area contributed by atoms with Crippen LogP contribution in [0.5, 0.6) is 0 Å². The molecule has 158 valence electrons. The van der Waals surface area contributed by atoms with Gasteiger partial charge in [0.2, 0.25) is 5.91 Å². The van der Waals surface area contributed by atoms with Crippen molar-refractivity contribution in [2.24, 2.45) is 4.99 Å². The highest BCUT2D eigenvalue weighted by molar-refractivity contribution is 14.0. The van der Waals surface area contributed by atoms with Crippen molar-refractivity contribution >= 4 is 47.2 Å². The molecular formula is C21H30IN5OS. The van der Waals surface area contributed by atoms with Crippen molar-refractivity contribution < 1.29 is 4.79 Å². The maximum Gasteiger partial charge on any atom is 0.223 e. The Labute approximate surface area is 194 Å². The average Bonchev–Trinajstić information content (AvgIpc) is 3.31. The van der Waals surface area contributed by atoms with Crippen LogP contribution in [-0.4, -0.2) is 41.4 Å². The summed E-state index contributed by atoms with van der Waals surface area (Å²) in [4.78, 5) is 24.6. The Morgan fingerprint density at radius 3 is 2.59 bits per heavy atom. The van der Waals surface area contributed by atoms with Gasteiger partial charge < -0.3 is 15.5 Å². The van der Waals surface area contributed by atoms with Gasteiger partial charge in [0.05, 0.1) is 5.01 Å². The van der Waals surface area contributed by atoms with Crippen molar-refractivity contribution in [2.45, 2.75) is 46.2 Å².